The first kappa shape index (κ1) is 17.4. The van der Waals surface area contributed by atoms with Crippen LogP contribution in [0.3, 0.4) is 0 Å². The molecule has 2 fully saturated rings. The third kappa shape index (κ3) is 3.97. The number of amides is 1. The largest absolute Gasteiger partial charge is 0.396 e. The predicted molar refractivity (Wildman–Crippen MR) is 92.8 cm³/mol. The lowest BCUT2D eigenvalue weighted by molar-refractivity contribution is -0.123. The molecule has 1 amide bonds. The van der Waals surface area contributed by atoms with Crippen molar-refractivity contribution in [3.05, 3.63) is 35.9 Å². The number of nitrogens with one attached hydrogen (secondary N) is 1. The van der Waals surface area contributed by atoms with Crippen LogP contribution in [-0.2, 0) is 9.53 Å². The molecule has 0 radical (unpaired) electrons. The molecular weight excluding hydrogens is 304 g/mol. The quantitative estimate of drug-likeness (QED) is 0.829. The fourth-order valence-corrected chi connectivity index (χ4v) is 3.93. The molecule has 132 valence electrons. The second-order valence-corrected chi connectivity index (χ2v) is 6.89. The summed E-state index contributed by atoms with van der Waals surface area (Å²) in [4.78, 5) is 15.1. The summed E-state index contributed by atoms with van der Waals surface area (Å²) in [7, 11) is 0. The Bertz CT molecular complexity index is 537. The first-order valence-electron chi connectivity index (χ1n) is 9.03. The first-order chi connectivity index (χ1) is 11.7. The van der Waals surface area contributed by atoms with Gasteiger partial charge in [0.15, 0.2) is 0 Å². The van der Waals surface area contributed by atoms with Gasteiger partial charge in [-0.15, -0.1) is 0 Å². The summed E-state index contributed by atoms with van der Waals surface area (Å²) >= 11 is 0. The number of hydrogen-bond acceptors (Lipinski definition) is 4. The molecular formula is C19H28N2O3. The fraction of sp³-hybridized carbons (Fsp3) is 0.632. The van der Waals surface area contributed by atoms with Crippen LogP contribution >= 0.6 is 0 Å². The number of benzene rings is 1. The minimum atomic E-state index is -0.0813. The van der Waals surface area contributed by atoms with Gasteiger partial charge in [-0.25, -0.2) is 0 Å². The Hall–Kier alpha value is -1.43. The molecule has 0 aromatic heterocycles. The van der Waals surface area contributed by atoms with E-state index in [-0.39, 0.29) is 30.6 Å². The van der Waals surface area contributed by atoms with Crippen LogP contribution in [0.2, 0.25) is 0 Å². The second-order valence-electron chi connectivity index (χ2n) is 6.89. The van der Waals surface area contributed by atoms with E-state index in [0.29, 0.717) is 19.1 Å². The van der Waals surface area contributed by atoms with Crippen LogP contribution in [-0.4, -0.2) is 60.4 Å². The lowest BCUT2D eigenvalue weighted by atomic mass is 9.95. The molecule has 1 aromatic rings. The van der Waals surface area contributed by atoms with Gasteiger partial charge < -0.3 is 15.2 Å². The zero-order chi connectivity index (χ0) is 16.9. The Morgan fingerprint density at radius 2 is 2.17 bits per heavy atom. The molecule has 1 aromatic carbocycles. The zero-order valence-corrected chi connectivity index (χ0v) is 14.4. The summed E-state index contributed by atoms with van der Waals surface area (Å²) in [6, 6.07) is 10.6. The topological polar surface area (TPSA) is 61.8 Å². The Kier molecular flexibility index (Phi) is 5.87. The van der Waals surface area contributed by atoms with E-state index in [0.717, 1.165) is 31.5 Å². The smallest absolute Gasteiger partial charge is 0.227 e. The maximum Gasteiger partial charge on any atom is 0.227 e. The van der Waals surface area contributed by atoms with E-state index in [9.17, 15) is 4.79 Å². The number of aliphatic hydroxyl groups excluding tert-OH is 1. The summed E-state index contributed by atoms with van der Waals surface area (Å²) in [6.45, 7) is 4.66. The summed E-state index contributed by atoms with van der Waals surface area (Å²) in [5, 5.41) is 12.3. The van der Waals surface area contributed by atoms with Crippen molar-refractivity contribution < 1.29 is 14.6 Å². The summed E-state index contributed by atoms with van der Waals surface area (Å²) in [5.74, 6) is 0.0450. The number of fused-ring (bicyclic) bond motifs is 1. The Morgan fingerprint density at radius 3 is 2.88 bits per heavy atom. The maximum atomic E-state index is 12.7. The third-order valence-corrected chi connectivity index (χ3v) is 5.21. The SMILES string of the molecule is CC[C@H](C(=O)N[C@H]1C[C@H]2CO[C@@H](CCO)CN2C1)c1ccccc1. The lowest BCUT2D eigenvalue weighted by Gasteiger charge is -2.34. The second kappa shape index (κ2) is 8.10. The van der Waals surface area contributed by atoms with Crippen molar-refractivity contribution in [1.82, 2.24) is 10.2 Å². The van der Waals surface area contributed by atoms with Crippen LogP contribution in [0.15, 0.2) is 30.3 Å². The monoisotopic (exact) mass is 332 g/mol. The number of nitrogens with zero attached hydrogens (tertiary/aromatic N) is 1. The molecule has 24 heavy (non-hydrogen) atoms. The highest BCUT2D eigenvalue weighted by Crippen LogP contribution is 2.26. The van der Waals surface area contributed by atoms with E-state index < -0.39 is 0 Å². The molecule has 0 aliphatic carbocycles. The molecule has 2 aliphatic heterocycles. The van der Waals surface area contributed by atoms with Crippen LogP contribution in [0.5, 0.6) is 0 Å². The molecule has 0 saturated carbocycles. The van der Waals surface area contributed by atoms with E-state index in [1.54, 1.807) is 0 Å². The minimum absolute atomic E-state index is 0.0813. The van der Waals surface area contributed by atoms with Crippen molar-refractivity contribution in [2.45, 2.75) is 50.3 Å². The number of hydrogen-bond donors (Lipinski definition) is 2. The molecule has 0 unspecified atom stereocenters. The molecule has 5 heteroatoms. The van der Waals surface area contributed by atoms with E-state index in [2.05, 4.69) is 17.1 Å². The third-order valence-electron chi connectivity index (χ3n) is 5.21. The van der Waals surface area contributed by atoms with E-state index >= 15 is 0 Å². The molecule has 2 heterocycles. The molecule has 2 N–H and O–H groups in total. The van der Waals surface area contributed by atoms with Crippen molar-refractivity contribution in [2.75, 3.05) is 26.3 Å². The van der Waals surface area contributed by atoms with Crippen molar-refractivity contribution >= 4 is 5.91 Å². The van der Waals surface area contributed by atoms with Crippen molar-refractivity contribution in [2.24, 2.45) is 0 Å². The van der Waals surface area contributed by atoms with E-state index in [1.807, 2.05) is 30.3 Å². The molecule has 2 saturated heterocycles. The Balaban J connectivity index is 1.56. The van der Waals surface area contributed by atoms with Crippen LogP contribution in [0.1, 0.15) is 37.7 Å². The lowest BCUT2D eigenvalue weighted by Crippen LogP contribution is -2.46. The van der Waals surface area contributed by atoms with Crippen molar-refractivity contribution in [3.63, 3.8) is 0 Å². The summed E-state index contributed by atoms with van der Waals surface area (Å²) in [5.41, 5.74) is 1.08. The number of carbonyl (C=O) groups is 1. The molecule has 0 bridgehead atoms. The van der Waals surface area contributed by atoms with Gasteiger partial charge in [0, 0.05) is 31.8 Å². The van der Waals surface area contributed by atoms with Gasteiger partial charge in [-0.1, -0.05) is 37.3 Å². The van der Waals surface area contributed by atoms with Gasteiger partial charge in [0.05, 0.1) is 18.6 Å². The van der Waals surface area contributed by atoms with Gasteiger partial charge in [0.25, 0.3) is 0 Å². The van der Waals surface area contributed by atoms with Gasteiger partial charge in [0.1, 0.15) is 0 Å². The highest BCUT2D eigenvalue weighted by molar-refractivity contribution is 5.83. The number of morpholine rings is 1. The van der Waals surface area contributed by atoms with Crippen LogP contribution in [0.25, 0.3) is 0 Å². The molecule has 0 spiro atoms. The number of aliphatic hydroxyl groups is 1. The first-order valence-corrected chi connectivity index (χ1v) is 9.03. The van der Waals surface area contributed by atoms with Gasteiger partial charge >= 0.3 is 0 Å². The normalized spacial score (nSPS) is 28.3. The highest BCUT2D eigenvalue weighted by atomic mass is 16.5. The molecule has 3 rings (SSSR count). The molecule has 5 nitrogen and oxygen atoms in total. The molecule has 4 atom stereocenters. The maximum absolute atomic E-state index is 12.7. The minimum Gasteiger partial charge on any atom is -0.396 e. The molecule has 2 aliphatic rings. The highest BCUT2D eigenvalue weighted by Gasteiger charge is 2.38. The van der Waals surface area contributed by atoms with Gasteiger partial charge in [0.2, 0.25) is 5.91 Å². The Morgan fingerprint density at radius 1 is 1.38 bits per heavy atom. The summed E-state index contributed by atoms with van der Waals surface area (Å²) < 4.78 is 5.81. The fourth-order valence-electron chi connectivity index (χ4n) is 3.93. The average molecular weight is 332 g/mol. The average Bonchev–Trinajstić information content (AvgIpc) is 2.98. The van der Waals surface area contributed by atoms with Gasteiger partial charge in [-0.05, 0) is 24.8 Å². The van der Waals surface area contributed by atoms with Crippen molar-refractivity contribution in [1.29, 1.82) is 0 Å². The van der Waals surface area contributed by atoms with Crippen LogP contribution in [0.4, 0.5) is 0 Å². The van der Waals surface area contributed by atoms with E-state index in [1.165, 1.54) is 0 Å². The van der Waals surface area contributed by atoms with Crippen molar-refractivity contribution in [3.8, 4) is 0 Å². The van der Waals surface area contributed by atoms with Gasteiger partial charge in [-0.3, -0.25) is 9.69 Å². The Labute approximate surface area is 144 Å². The number of carbonyl (C=O) groups excluding carboxylic acids is 1. The van der Waals surface area contributed by atoms with Crippen LogP contribution in [0, 0.1) is 0 Å². The van der Waals surface area contributed by atoms with Crippen LogP contribution < -0.4 is 5.32 Å². The standard InChI is InChI=1S/C19H28N2O3/c1-2-18(14-6-4-3-5-7-14)19(23)20-15-10-16-13-24-17(8-9-22)12-21(16)11-15/h3-7,15-18,22H,2,8-13H2,1H3,(H,20,23)/t15-,16-,17-,18-/m0/s1. The number of ether oxygens (including phenoxy) is 1. The summed E-state index contributed by atoms with van der Waals surface area (Å²) in [6.07, 6.45) is 2.56. The number of rotatable bonds is 6. The predicted octanol–water partition coefficient (Wildman–Crippen LogP) is 1.52. The van der Waals surface area contributed by atoms with E-state index in [4.69, 9.17) is 9.84 Å². The van der Waals surface area contributed by atoms with Gasteiger partial charge in [-0.2, -0.15) is 0 Å². The zero-order valence-electron chi connectivity index (χ0n) is 14.4.